The molecule has 39 heavy (non-hydrogen) atoms. The van der Waals surface area contributed by atoms with Gasteiger partial charge in [0, 0.05) is 11.4 Å². The number of benzene rings is 1. The Labute approximate surface area is 238 Å². The topological polar surface area (TPSA) is 95.3 Å². The van der Waals surface area contributed by atoms with E-state index >= 15 is 0 Å². The van der Waals surface area contributed by atoms with E-state index in [9.17, 15) is 9.59 Å². The number of hydrogen-bond acceptors (Lipinski definition) is 8. The standard InChI is InChI=1S/C29H36N4O4S2/c1-7-14-33-23(16-37-20-11-9-19(10-12-20)29(3,4)5)31-32-28(33)38-17-24(34)30-26-25(27(35)36-6)21-13-8-18(2)15-22(21)39-26/h7,9-12,18H,1,8,13-17H2,2-6H3,(H,30,34). The molecular formula is C29H36N4O4S2. The molecule has 0 radical (unpaired) electrons. The molecule has 208 valence electrons. The predicted molar refractivity (Wildman–Crippen MR) is 156 cm³/mol. The van der Waals surface area contributed by atoms with Crippen LogP contribution in [-0.4, -0.2) is 39.5 Å². The van der Waals surface area contributed by atoms with Crippen LogP contribution >= 0.6 is 23.1 Å². The Bertz CT molecular complexity index is 1340. The Balaban J connectivity index is 1.41. The maximum atomic E-state index is 12.9. The van der Waals surface area contributed by atoms with E-state index in [0.717, 1.165) is 35.5 Å². The highest BCUT2D eigenvalue weighted by Crippen LogP contribution is 2.40. The molecule has 8 nitrogen and oxygen atoms in total. The number of fused-ring (bicyclic) bond motifs is 1. The van der Waals surface area contributed by atoms with Crippen LogP contribution in [-0.2, 0) is 40.9 Å². The Morgan fingerprint density at radius 2 is 2.00 bits per heavy atom. The molecule has 10 heteroatoms. The summed E-state index contributed by atoms with van der Waals surface area (Å²) >= 11 is 2.76. The first-order valence-electron chi connectivity index (χ1n) is 13.0. The van der Waals surface area contributed by atoms with Crippen LogP contribution in [0.3, 0.4) is 0 Å². The third-order valence-corrected chi connectivity index (χ3v) is 8.82. The summed E-state index contributed by atoms with van der Waals surface area (Å²) in [7, 11) is 1.37. The van der Waals surface area contributed by atoms with Crippen LogP contribution in [0.4, 0.5) is 5.00 Å². The van der Waals surface area contributed by atoms with Crippen LogP contribution in [0.15, 0.2) is 42.1 Å². The number of nitrogens with zero attached hydrogens (tertiary/aromatic N) is 3. The molecule has 0 fully saturated rings. The fraction of sp³-hybridized carbons (Fsp3) is 0.448. The van der Waals surface area contributed by atoms with E-state index in [4.69, 9.17) is 9.47 Å². The summed E-state index contributed by atoms with van der Waals surface area (Å²) in [6.45, 7) is 13.3. The van der Waals surface area contributed by atoms with Gasteiger partial charge in [-0.05, 0) is 53.9 Å². The molecule has 3 aromatic rings. The summed E-state index contributed by atoms with van der Waals surface area (Å²) < 4.78 is 12.9. The number of anilines is 1. The van der Waals surface area contributed by atoms with Gasteiger partial charge in [0.2, 0.25) is 5.91 Å². The number of hydrogen-bond donors (Lipinski definition) is 1. The van der Waals surface area contributed by atoms with Gasteiger partial charge in [-0.15, -0.1) is 28.1 Å². The minimum absolute atomic E-state index is 0.0728. The van der Waals surface area contributed by atoms with E-state index in [0.29, 0.717) is 34.0 Å². The van der Waals surface area contributed by atoms with Crippen molar-refractivity contribution < 1.29 is 19.1 Å². The van der Waals surface area contributed by atoms with Gasteiger partial charge in [-0.1, -0.05) is 57.7 Å². The van der Waals surface area contributed by atoms with Gasteiger partial charge in [0.1, 0.15) is 17.4 Å². The van der Waals surface area contributed by atoms with Gasteiger partial charge >= 0.3 is 5.97 Å². The fourth-order valence-electron chi connectivity index (χ4n) is 4.49. The summed E-state index contributed by atoms with van der Waals surface area (Å²) in [4.78, 5) is 26.6. The second-order valence-corrected chi connectivity index (χ2v) is 12.8. The molecule has 1 aliphatic carbocycles. The minimum Gasteiger partial charge on any atom is -0.486 e. The lowest BCUT2D eigenvalue weighted by molar-refractivity contribution is -0.113. The quantitative estimate of drug-likeness (QED) is 0.181. The summed E-state index contributed by atoms with van der Waals surface area (Å²) in [5.74, 6) is 1.43. The first kappa shape index (κ1) is 28.9. The number of esters is 1. The molecule has 0 aliphatic heterocycles. The lowest BCUT2D eigenvalue weighted by atomic mass is 9.87. The lowest BCUT2D eigenvalue weighted by Gasteiger charge is -2.19. The number of allylic oxidation sites excluding steroid dienone is 1. The molecule has 1 unspecified atom stereocenters. The summed E-state index contributed by atoms with van der Waals surface area (Å²) in [5, 5.41) is 12.7. The molecule has 0 saturated carbocycles. The average molecular weight is 569 g/mol. The molecule has 1 amide bonds. The van der Waals surface area contributed by atoms with Gasteiger partial charge in [-0.25, -0.2) is 4.79 Å². The number of thioether (sulfide) groups is 1. The molecule has 2 aromatic heterocycles. The van der Waals surface area contributed by atoms with Crippen molar-refractivity contribution in [2.24, 2.45) is 5.92 Å². The SMILES string of the molecule is C=CCn1c(COc2ccc(C(C)(C)C)cc2)nnc1SCC(=O)Nc1sc2c(c1C(=O)OC)CCC(C)C2. The maximum absolute atomic E-state index is 12.9. The number of carbonyl (C=O) groups excluding carboxylic acids is 2. The van der Waals surface area contributed by atoms with Gasteiger partial charge in [0.25, 0.3) is 0 Å². The second-order valence-electron chi connectivity index (χ2n) is 10.7. The summed E-state index contributed by atoms with van der Waals surface area (Å²) in [6, 6.07) is 8.06. The van der Waals surface area contributed by atoms with Gasteiger partial charge in [0.15, 0.2) is 11.0 Å². The van der Waals surface area contributed by atoms with E-state index in [1.54, 1.807) is 6.08 Å². The Kier molecular flexibility index (Phi) is 9.17. The Morgan fingerprint density at radius 1 is 1.26 bits per heavy atom. The number of rotatable bonds is 10. The zero-order valence-electron chi connectivity index (χ0n) is 23.2. The van der Waals surface area contributed by atoms with E-state index in [1.807, 2.05) is 16.7 Å². The molecule has 1 atom stereocenters. The van der Waals surface area contributed by atoms with E-state index in [-0.39, 0.29) is 23.7 Å². The molecular weight excluding hydrogens is 532 g/mol. The van der Waals surface area contributed by atoms with Gasteiger partial charge in [-0.3, -0.25) is 9.36 Å². The van der Waals surface area contributed by atoms with Crippen molar-refractivity contribution in [2.75, 3.05) is 18.2 Å². The number of carbonyl (C=O) groups is 2. The molecule has 1 N–H and O–H groups in total. The van der Waals surface area contributed by atoms with Crippen LogP contribution in [0.5, 0.6) is 5.75 Å². The number of amides is 1. The van der Waals surface area contributed by atoms with Crippen LogP contribution < -0.4 is 10.1 Å². The molecule has 1 aromatic carbocycles. The van der Waals surface area contributed by atoms with Crippen LogP contribution in [0.2, 0.25) is 0 Å². The van der Waals surface area contributed by atoms with E-state index in [2.05, 4.69) is 61.9 Å². The third kappa shape index (κ3) is 6.91. The first-order chi connectivity index (χ1) is 18.6. The van der Waals surface area contributed by atoms with Gasteiger partial charge in [0.05, 0.1) is 18.4 Å². The zero-order valence-corrected chi connectivity index (χ0v) is 24.8. The normalized spacial score (nSPS) is 14.9. The summed E-state index contributed by atoms with van der Waals surface area (Å²) in [5.41, 5.74) is 2.81. The van der Waals surface area contributed by atoms with E-state index < -0.39 is 5.97 Å². The van der Waals surface area contributed by atoms with Crippen molar-refractivity contribution >= 4 is 40.0 Å². The molecule has 0 spiro atoms. The molecule has 0 saturated heterocycles. The number of thiophene rings is 1. The Morgan fingerprint density at radius 3 is 2.67 bits per heavy atom. The highest BCUT2D eigenvalue weighted by molar-refractivity contribution is 7.99. The molecule has 1 aliphatic rings. The van der Waals surface area contributed by atoms with Crippen molar-refractivity contribution in [3.05, 3.63) is 64.3 Å². The van der Waals surface area contributed by atoms with Gasteiger partial charge < -0.3 is 14.8 Å². The molecule has 4 rings (SSSR count). The smallest absolute Gasteiger partial charge is 0.341 e. The molecule has 0 bridgehead atoms. The van der Waals surface area contributed by atoms with E-state index in [1.165, 1.54) is 35.8 Å². The van der Waals surface area contributed by atoms with Crippen molar-refractivity contribution in [3.8, 4) is 5.75 Å². The minimum atomic E-state index is -0.409. The van der Waals surface area contributed by atoms with Crippen LogP contribution in [0.1, 0.15) is 66.3 Å². The van der Waals surface area contributed by atoms with Gasteiger partial charge in [-0.2, -0.15) is 0 Å². The van der Waals surface area contributed by atoms with Crippen molar-refractivity contribution in [3.63, 3.8) is 0 Å². The zero-order chi connectivity index (χ0) is 28.2. The number of aromatic nitrogens is 3. The van der Waals surface area contributed by atoms with Crippen molar-refractivity contribution in [1.29, 1.82) is 0 Å². The lowest BCUT2D eigenvalue weighted by Crippen LogP contribution is -2.17. The van der Waals surface area contributed by atoms with Crippen molar-refractivity contribution in [1.82, 2.24) is 14.8 Å². The third-order valence-electron chi connectivity index (χ3n) is 6.68. The fourth-order valence-corrected chi connectivity index (χ4v) is 6.68. The number of ether oxygens (including phenoxy) is 2. The number of nitrogens with one attached hydrogen (secondary N) is 1. The molecule has 2 heterocycles. The highest BCUT2D eigenvalue weighted by atomic mass is 32.2. The summed E-state index contributed by atoms with van der Waals surface area (Å²) in [6.07, 6.45) is 4.50. The predicted octanol–water partition coefficient (Wildman–Crippen LogP) is 6.04. The average Bonchev–Trinajstić information content (AvgIpc) is 3.45. The van der Waals surface area contributed by atoms with Crippen molar-refractivity contribution in [2.45, 2.75) is 70.7 Å². The Hall–Kier alpha value is -3.11. The monoisotopic (exact) mass is 568 g/mol. The van der Waals surface area contributed by atoms with Crippen LogP contribution in [0.25, 0.3) is 0 Å². The second kappa shape index (κ2) is 12.4. The first-order valence-corrected chi connectivity index (χ1v) is 14.8. The van der Waals surface area contributed by atoms with Crippen LogP contribution in [0, 0.1) is 5.92 Å². The maximum Gasteiger partial charge on any atom is 0.341 e. The highest BCUT2D eigenvalue weighted by Gasteiger charge is 2.29. The number of methoxy groups -OCH3 is 1. The largest absolute Gasteiger partial charge is 0.486 e.